The molecule has 0 bridgehead atoms. The van der Waals surface area contributed by atoms with Crippen molar-refractivity contribution in [2.75, 3.05) is 34.2 Å². The lowest BCUT2D eigenvalue weighted by Gasteiger charge is -2.29. The van der Waals surface area contributed by atoms with E-state index < -0.39 is 17.9 Å². The molecular formula is C20H22N2O6S. The van der Waals surface area contributed by atoms with E-state index >= 15 is 0 Å². The minimum absolute atomic E-state index is 0.0174. The van der Waals surface area contributed by atoms with E-state index in [1.54, 1.807) is 25.1 Å². The number of rotatable bonds is 7. The quantitative estimate of drug-likeness (QED) is 0.668. The fraction of sp³-hybridized carbons (Fsp3) is 0.350. The monoisotopic (exact) mass is 418 g/mol. The van der Waals surface area contributed by atoms with Crippen LogP contribution in [-0.4, -0.2) is 46.1 Å². The van der Waals surface area contributed by atoms with Crippen molar-refractivity contribution in [1.29, 1.82) is 5.26 Å². The van der Waals surface area contributed by atoms with E-state index in [2.05, 4.69) is 16.1 Å². The van der Waals surface area contributed by atoms with Gasteiger partial charge in [0.05, 0.1) is 62.4 Å². The van der Waals surface area contributed by atoms with Gasteiger partial charge in [0.1, 0.15) is 0 Å². The lowest BCUT2D eigenvalue weighted by atomic mass is 9.82. The zero-order valence-electron chi connectivity index (χ0n) is 16.8. The molecule has 2 rings (SSSR count). The van der Waals surface area contributed by atoms with Crippen molar-refractivity contribution in [1.82, 2.24) is 5.32 Å². The Balaban J connectivity index is 2.63. The van der Waals surface area contributed by atoms with Crippen LogP contribution in [0.3, 0.4) is 0 Å². The lowest BCUT2D eigenvalue weighted by Crippen LogP contribution is -2.28. The highest BCUT2D eigenvalue weighted by Gasteiger charge is 2.35. The van der Waals surface area contributed by atoms with E-state index in [1.807, 2.05) is 0 Å². The van der Waals surface area contributed by atoms with Gasteiger partial charge in [-0.3, -0.25) is 4.79 Å². The molecule has 1 unspecified atom stereocenters. The molecule has 0 spiro atoms. The number of dihydropyridines is 1. The average molecular weight is 418 g/mol. The second-order valence-electron chi connectivity index (χ2n) is 5.92. The number of carbonyl (C=O) groups excluding carboxylic acids is 2. The molecule has 0 saturated heterocycles. The Kier molecular flexibility index (Phi) is 7.56. The molecule has 0 aromatic heterocycles. The Bertz CT molecular complexity index is 916. The SMILES string of the molecule is COC(=O)CSC1=C(C#N)C(c2ccc(OC)c(OC)c2)C(C(=O)OC)=C(C)N1. The molecule has 1 aromatic carbocycles. The summed E-state index contributed by atoms with van der Waals surface area (Å²) in [6, 6.07) is 7.35. The molecule has 1 aromatic rings. The van der Waals surface area contributed by atoms with E-state index in [-0.39, 0.29) is 11.3 Å². The fourth-order valence-electron chi connectivity index (χ4n) is 2.96. The first-order valence-electron chi connectivity index (χ1n) is 8.53. The summed E-state index contributed by atoms with van der Waals surface area (Å²) in [6.45, 7) is 1.72. The van der Waals surface area contributed by atoms with Gasteiger partial charge in [0.15, 0.2) is 11.5 Å². The second-order valence-corrected chi connectivity index (χ2v) is 6.91. The van der Waals surface area contributed by atoms with E-state index in [0.717, 1.165) is 11.8 Å². The van der Waals surface area contributed by atoms with E-state index in [1.165, 1.54) is 28.4 Å². The zero-order chi connectivity index (χ0) is 21.6. The number of methoxy groups -OCH3 is 4. The molecule has 1 aliphatic rings. The number of hydrogen-bond acceptors (Lipinski definition) is 9. The highest BCUT2D eigenvalue weighted by Crippen LogP contribution is 2.43. The van der Waals surface area contributed by atoms with Crippen molar-refractivity contribution in [3.63, 3.8) is 0 Å². The number of nitrogens with one attached hydrogen (secondary N) is 1. The Morgan fingerprint density at radius 2 is 1.83 bits per heavy atom. The molecule has 1 heterocycles. The molecule has 29 heavy (non-hydrogen) atoms. The van der Waals surface area contributed by atoms with Crippen LogP contribution in [0.5, 0.6) is 11.5 Å². The summed E-state index contributed by atoms with van der Waals surface area (Å²) in [4.78, 5) is 24.1. The van der Waals surface area contributed by atoms with Gasteiger partial charge in [-0.1, -0.05) is 17.8 Å². The van der Waals surface area contributed by atoms with Crippen LogP contribution >= 0.6 is 11.8 Å². The molecule has 0 saturated carbocycles. The number of carbonyl (C=O) groups is 2. The number of nitrogens with zero attached hydrogens (tertiary/aromatic N) is 1. The summed E-state index contributed by atoms with van der Waals surface area (Å²) in [5.74, 6) is -0.679. The van der Waals surface area contributed by atoms with Crippen LogP contribution in [0.4, 0.5) is 0 Å². The standard InChI is InChI=1S/C20H22N2O6S/c1-11-17(20(24)28-5)18(12-6-7-14(25-2)15(8-12)26-3)13(9-21)19(22-11)29-10-16(23)27-4/h6-8,18,22H,10H2,1-5H3. The number of allylic oxidation sites excluding steroid dienone is 2. The average Bonchev–Trinajstić information content (AvgIpc) is 2.75. The molecule has 8 nitrogen and oxygen atoms in total. The van der Waals surface area contributed by atoms with Crippen LogP contribution in [0.15, 0.2) is 40.1 Å². The van der Waals surface area contributed by atoms with Gasteiger partial charge in [-0.25, -0.2) is 4.79 Å². The molecule has 0 aliphatic carbocycles. The van der Waals surface area contributed by atoms with Gasteiger partial charge in [0.25, 0.3) is 0 Å². The molecular weight excluding hydrogens is 396 g/mol. The largest absolute Gasteiger partial charge is 0.493 e. The summed E-state index contributed by atoms with van der Waals surface area (Å²) in [7, 11) is 5.61. The number of benzene rings is 1. The lowest BCUT2D eigenvalue weighted by molar-refractivity contribution is -0.138. The van der Waals surface area contributed by atoms with E-state index in [9.17, 15) is 14.9 Å². The van der Waals surface area contributed by atoms with Crippen LogP contribution in [0.1, 0.15) is 18.4 Å². The highest BCUT2D eigenvalue weighted by molar-refractivity contribution is 8.03. The van der Waals surface area contributed by atoms with Crippen LogP contribution in [-0.2, 0) is 19.1 Å². The van der Waals surface area contributed by atoms with Gasteiger partial charge < -0.3 is 24.3 Å². The summed E-state index contributed by atoms with van der Waals surface area (Å²) >= 11 is 1.13. The van der Waals surface area contributed by atoms with Gasteiger partial charge >= 0.3 is 11.9 Å². The first-order chi connectivity index (χ1) is 13.9. The summed E-state index contributed by atoms with van der Waals surface area (Å²) in [6.07, 6.45) is 0. The number of thioether (sulfide) groups is 1. The first kappa shape index (κ1) is 22.2. The normalized spacial score (nSPS) is 15.9. The topological polar surface area (TPSA) is 107 Å². The van der Waals surface area contributed by atoms with Crippen molar-refractivity contribution in [2.45, 2.75) is 12.8 Å². The second kappa shape index (κ2) is 9.89. The Hall–Kier alpha value is -3.12. The van der Waals surface area contributed by atoms with Crippen molar-refractivity contribution in [2.24, 2.45) is 0 Å². The molecule has 154 valence electrons. The van der Waals surface area contributed by atoms with Crippen molar-refractivity contribution < 1.29 is 28.5 Å². The molecule has 0 radical (unpaired) electrons. The van der Waals surface area contributed by atoms with Gasteiger partial charge in [-0.05, 0) is 24.6 Å². The zero-order valence-corrected chi connectivity index (χ0v) is 17.6. The third-order valence-corrected chi connectivity index (χ3v) is 5.35. The minimum atomic E-state index is -0.700. The van der Waals surface area contributed by atoms with Gasteiger partial charge in [0, 0.05) is 5.70 Å². The maximum Gasteiger partial charge on any atom is 0.336 e. The number of nitriles is 1. The number of ether oxygens (including phenoxy) is 4. The van der Waals surface area contributed by atoms with E-state index in [0.29, 0.717) is 33.4 Å². The molecule has 9 heteroatoms. The fourth-order valence-corrected chi connectivity index (χ4v) is 3.89. The summed E-state index contributed by atoms with van der Waals surface area (Å²) < 4.78 is 20.3. The molecule has 1 aliphatic heterocycles. The highest BCUT2D eigenvalue weighted by atomic mass is 32.2. The van der Waals surface area contributed by atoms with Crippen LogP contribution in [0.2, 0.25) is 0 Å². The Morgan fingerprint density at radius 1 is 1.14 bits per heavy atom. The van der Waals surface area contributed by atoms with Crippen LogP contribution < -0.4 is 14.8 Å². The van der Waals surface area contributed by atoms with Crippen molar-refractivity contribution in [3.8, 4) is 17.6 Å². The maximum atomic E-state index is 12.5. The smallest absolute Gasteiger partial charge is 0.336 e. The van der Waals surface area contributed by atoms with Crippen LogP contribution in [0.25, 0.3) is 0 Å². The van der Waals surface area contributed by atoms with Gasteiger partial charge in [-0.2, -0.15) is 5.26 Å². The Labute approximate surface area is 173 Å². The Morgan fingerprint density at radius 3 is 2.38 bits per heavy atom. The predicted octanol–water partition coefficient (Wildman–Crippen LogP) is 2.48. The van der Waals surface area contributed by atoms with Gasteiger partial charge in [0.2, 0.25) is 0 Å². The third kappa shape index (κ3) is 4.66. The summed E-state index contributed by atoms with van der Waals surface area (Å²) in [5.41, 5.74) is 1.77. The predicted molar refractivity (Wildman–Crippen MR) is 107 cm³/mol. The van der Waals surface area contributed by atoms with Crippen molar-refractivity contribution in [3.05, 3.63) is 45.6 Å². The number of esters is 2. The van der Waals surface area contributed by atoms with Crippen molar-refractivity contribution >= 4 is 23.7 Å². The molecule has 1 atom stereocenters. The summed E-state index contributed by atoms with van der Waals surface area (Å²) in [5, 5.41) is 13.4. The number of hydrogen-bond donors (Lipinski definition) is 1. The first-order valence-corrected chi connectivity index (χ1v) is 9.52. The van der Waals surface area contributed by atoms with Gasteiger partial charge in [-0.15, -0.1) is 0 Å². The molecule has 0 amide bonds. The molecule has 0 fully saturated rings. The maximum absolute atomic E-state index is 12.5. The van der Waals surface area contributed by atoms with E-state index in [4.69, 9.17) is 14.2 Å². The minimum Gasteiger partial charge on any atom is -0.493 e. The third-order valence-electron chi connectivity index (χ3n) is 4.36. The van der Waals surface area contributed by atoms with Crippen LogP contribution in [0, 0.1) is 11.3 Å². The molecule has 1 N–H and O–H groups in total.